The van der Waals surface area contributed by atoms with Gasteiger partial charge in [0.2, 0.25) is 0 Å². The van der Waals surface area contributed by atoms with Gasteiger partial charge in [0.1, 0.15) is 17.8 Å². The molecular formula is C9H9ClN4O. The highest BCUT2D eigenvalue weighted by atomic mass is 35.5. The van der Waals surface area contributed by atoms with Crippen LogP contribution in [-0.4, -0.2) is 27.3 Å². The van der Waals surface area contributed by atoms with Crippen molar-refractivity contribution < 1.29 is 4.74 Å². The Morgan fingerprint density at radius 3 is 2.80 bits per heavy atom. The minimum Gasteiger partial charge on any atom is -0.494 e. The lowest BCUT2D eigenvalue weighted by atomic mass is 10.2. The molecule has 1 aromatic heterocycles. The van der Waals surface area contributed by atoms with Gasteiger partial charge in [0.25, 0.3) is 0 Å². The smallest absolute Gasteiger partial charge is 0.147 e. The van der Waals surface area contributed by atoms with Crippen molar-refractivity contribution in [1.82, 2.24) is 20.2 Å². The Balaban J connectivity index is 2.64. The Bertz CT molecular complexity index is 469. The van der Waals surface area contributed by atoms with Crippen LogP contribution in [-0.2, 0) is 0 Å². The van der Waals surface area contributed by atoms with E-state index >= 15 is 0 Å². The molecular weight excluding hydrogens is 216 g/mol. The summed E-state index contributed by atoms with van der Waals surface area (Å²) in [5, 5.41) is 11.6. The summed E-state index contributed by atoms with van der Waals surface area (Å²) in [6.07, 6.45) is 1.49. The van der Waals surface area contributed by atoms with Crippen molar-refractivity contribution in [2.75, 3.05) is 7.11 Å². The molecule has 2 rings (SSSR count). The molecule has 6 heteroatoms. The fourth-order valence-corrected chi connectivity index (χ4v) is 1.69. The zero-order valence-corrected chi connectivity index (χ0v) is 9.06. The third-order valence-corrected chi connectivity index (χ3v) is 2.24. The molecule has 0 amide bonds. The van der Waals surface area contributed by atoms with E-state index in [4.69, 9.17) is 16.3 Å². The van der Waals surface area contributed by atoms with Crippen LogP contribution in [0.5, 0.6) is 5.75 Å². The SMILES string of the molecule is COc1c(C)cc(Cl)cc1-n1cnnn1. The third kappa shape index (κ3) is 1.78. The van der Waals surface area contributed by atoms with Gasteiger partial charge in [-0.1, -0.05) is 11.6 Å². The summed E-state index contributed by atoms with van der Waals surface area (Å²) in [7, 11) is 1.60. The molecule has 0 aliphatic carbocycles. The molecule has 0 fully saturated rings. The molecule has 0 atom stereocenters. The molecule has 0 spiro atoms. The van der Waals surface area contributed by atoms with Gasteiger partial charge in [-0.05, 0) is 35.0 Å². The maximum Gasteiger partial charge on any atom is 0.147 e. The van der Waals surface area contributed by atoms with E-state index in [2.05, 4.69) is 15.5 Å². The van der Waals surface area contributed by atoms with Crippen LogP contribution in [0.15, 0.2) is 18.5 Å². The van der Waals surface area contributed by atoms with E-state index in [1.54, 1.807) is 13.2 Å². The topological polar surface area (TPSA) is 52.8 Å². The maximum atomic E-state index is 5.96. The van der Waals surface area contributed by atoms with Crippen molar-refractivity contribution in [3.8, 4) is 11.4 Å². The van der Waals surface area contributed by atoms with Crippen LogP contribution in [0.25, 0.3) is 5.69 Å². The van der Waals surface area contributed by atoms with Crippen molar-refractivity contribution in [2.24, 2.45) is 0 Å². The average molecular weight is 225 g/mol. The number of aryl methyl sites for hydroxylation is 1. The molecule has 0 radical (unpaired) electrons. The van der Waals surface area contributed by atoms with Crippen LogP contribution in [0, 0.1) is 6.92 Å². The minimum atomic E-state index is 0.624. The quantitative estimate of drug-likeness (QED) is 0.778. The number of nitrogens with zero attached hydrogens (tertiary/aromatic N) is 4. The summed E-state index contributed by atoms with van der Waals surface area (Å²) < 4.78 is 6.79. The number of rotatable bonds is 2. The first kappa shape index (κ1) is 9.92. The van der Waals surface area contributed by atoms with Crippen LogP contribution in [0.3, 0.4) is 0 Å². The fourth-order valence-electron chi connectivity index (χ4n) is 1.42. The van der Waals surface area contributed by atoms with Crippen LogP contribution in [0.4, 0.5) is 0 Å². The molecule has 1 aromatic carbocycles. The van der Waals surface area contributed by atoms with E-state index in [0.29, 0.717) is 10.8 Å². The van der Waals surface area contributed by atoms with Gasteiger partial charge in [0, 0.05) is 5.02 Å². The highest BCUT2D eigenvalue weighted by Gasteiger charge is 2.10. The first-order valence-corrected chi connectivity index (χ1v) is 4.67. The zero-order valence-electron chi connectivity index (χ0n) is 8.31. The van der Waals surface area contributed by atoms with E-state index in [9.17, 15) is 0 Å². The number of methoxy groups -OCH3 is 1. The molecule has 0 unspecified atom stereocenters. The number of ether oxygens (including phenoxy) is 1. The van der Waals surface area contributed by atoms with Gasteiger partial charge in [-0.3, -0.25) is 0 Å². The normalized spacial score (nSPS) is 10.3. The number of tetrazole rings is 1. The molecule has 0 N–H and O–H groups in total. The number of hydrogen-bond acceptors (Lipinski definition) is 4. The average Bonchev–Trinajstić information content (AvgIpc) is 2.69. The van der Waals surface area contributed by atoms with Crippen LogP contribution in [0.1, 0.15) is 5.56 Å². The summed E-state index contributed by atoms with van der Waals surface area (Å²) in [6, 6.07) is 3.58. The van der Waals surface area contributed by atoms with Crippen LogP contribution in [0.2, 0.25) is 5.02 Å². The van der Waals surface area contributed by atoms with E-state index < -0.39 is 0 Å². The van der Waals surface area contributed by atoms with Gasteiger partial charge in [-0.15, -0.1) is 5.10 Å². The number of hydrogen-bond donors (Lipinski definition) is 0. The standard InChI is InChI=1S/C9H9ClN4O/c1-6-3-7(10)4-8(9(6)15-2)14-5-11-12-13-14/h3-5H,1-2H3. The van der Waals surface area contributed by atoms with Crippen molar-refractivity contribution in [3.05, 3.63) is 29.0 Å². The molecule has 2 aromatic rings. The van der Waals surface area contributed by atoms with Gasteiger partial charge in [0.15, 0.2) is 0 Å². The van der Waals surface area contributed by atoms with Gasteiger partial charge in [0.05, 0.1) is 7.11 Å². The molecule has 0 saturated heterocycles. The monoisotopic (exact) mass is 224 g/mol. The number of benzene rings is 1. The lowest BCUT2D eigenvalue weighted by Crippen LogP contribution is -2.00. The second-order valence-corrected chi connectivity index (χ2v) is 3.47. The Hall–Kier alpha value is -1.62. The van der Waals surface area contributed by atoms with Crippen LogP contribution < -0.4 is 4.74 Å². The van der Waals surface area contributed by atoms with Gasteiger partial charge >= 0.3 is 0 Å². The van der Waals surface area contributed by atoms with E-state index in [0.717, 1.165) is 11.3 Å². The van der Waals surface area contributed by atoms with E-state index in [1.807, 2.05) is 13.0 Å². The maximum absolute atomic E-state index is 5.96. The number of halogens is 1. The van der Waals surface area contributed by atoms with Crippen LogP contribution >= 0.6 is 11.6 Å². The molecule has 15 heavy (non-hydrogen) atoms. The summed E-state index contributed by atoms with van der Waals surface area (Å²) in [4.78, 5) is 0. The molecule has 0 aliphatic rings. The second-order valence-electron chi connectivity index (χ2n) is 3.03. The summed E-state index contributed by atoms with van der Waals surface area (Å²) in [5.41, 5.74) is 1.67. The number of aromatic nitrogens is 4. The third-order valence-electron chi connectivity index (χ3n) is 2.02. The molecule has 0 saturated carbocycles. The van der Waals surface area contributed by atoms with Crippen molar-refractivity contribution in [3.63, 3.8) is 0 Å². The molecule has 1 heterocycles. The largest absolute Gasteiger partial charge is 0.494 e. The zero-order chi connectivity index (χ0) is 10.8. The predicted molar refractivity (Wildman–Crippen MR) is 55.5 cm³/mol. The summed E-state index contributed by atoms with van der Waals surface area (Å²) in [5.74, 6) is 0.715. The highest BCUT2D eigenvalue weighted by molar-refractivity contribution is 6.30. The first-order chi connectivity index (χ1) is 7.22. The van der Waals surface area contributed by atoms with Gasteiger partial charge < -0.3 is 4.74 Å². The van der Waals surface area contributed by atoms with E-state index in [-0.39, 0.29) is 0 Å². The molecule has 0 bridgehead atoms. The summed E-state index contributed by atoms with van der Waals surface area (Å²) >= 11 is 5.96. The predicted octanol–water partition coefficient (Wildman–Crippen LogP) is 1.63. The fraction of sp³-hybridized carbons (Fsp3) is 0.222. The Labute approximate surface area is 91.6 Å². The molecule has 5 nitrogen and oxygen atoms in total. The molecule has 0 aliphatic heterocycles. The van der Waals surface area contributed by atoms with Crippen molar-refractivity contribution in [2.45, 2.75) is 6.92 Å². The highest BCUT2D eigenvalue weighted by Crippen LogP contribution is 2.29. The summed E-state index contributed by atoms with van der Waals surface area (Å²) in [6.45, 7) is 1.92. The first-order valence-electron chi connectivity index (χ1n) is 4.30. The Morgan fingerprint density at radius 1 is 1.40 bits per heavy atom. The lowest BCUT2D eigenvalue weighted by Gasteiger charge is -2.10. The lowest BCUT2D eigenvalue weighted by molar-refractivity contribution is 0.408. The minimum absolute atomic E-state index is 0.624. The Morgan fingerprint density at radius 2 is 2.20 bits per heavy atom. The Kier molecular flexibility index (Phi) is 2.55. The van der Waals surface area contributed by atoms with Gasteiger partial charge in [-0.25, -0.2) is 0 Å². The van der Waals surface area contributed by atoms with Crippen molar-refractivity contribution >= 4 is 11.6 Å². The van der Waals surface area contributed by atoms with Gasteiger partial charge in [-0.2, -0.15) is 4.68 Å². The van der Waals surface area contributed by atoms with E-state index in [1.165, 1.54) is 11.0 Å². The van der Waals surface area contributed by atoms with Crippen molar-refractivity contribution in [1.29, 1.82) is 0 Å². The molecule has 78 valence electrons. The second kappa shape index (κ2) is 3.86.